The first kappa shape index (κ1) is 18.3. The van der Waals surface area contributed by atoms with Gasteiger partial charge in [-0.25, -0.2) is 9.38 Å². The normalized spacial score (nSPS) is 10.9. The van der Waals surface area contributed by atoms with Crippen molar-refractivity contribution in [1.29, 1.82) is 0 Å². The number of nitrogens with one attached hydrogen (secondary N) is 2. The van der Waals surface area contributed by atoms with Gasteiger partial charge in [0.2, 0.25) is 0 Å². The lowest BCUT2D eigenvalue weighted by Gasteiger charge is -2.08. The number of aliphatic imine (C=N–C) groups is 1. The van der Waals surface area contributed by atoms with Gasteiger partial charge in [0.1, 0.15) is 23.7 Å². The van der Waals surface area contributed by atoms with Crippen molar-refractivity contribution < 1.29 is 8.81 Å². The molecule has 0 aliphatic rings. The van der Waals surface area contributed by atoms with Gasteiger partial charge in [-0.2, -0.15) is 0 Å². The Morgan fingerprint density at radius 3 is 2.86 bits per heavy atom. The Morgan fingerprint density at radius 1 is 1.41 bits per heavy atom. The standard InChI is InChI=1S/C16H18FN3O.HI/c1-4-8-19-16(18-5-2)20-10-15-11(3)13-9-12(17)6-7-14(13)21-15;/h1,6-7,9H,5,8,10H2,2-3H3,(H2,18,19,20);1H. The number of halogens is 2. The second-order valence-corrected chi connectivity index (χ2v) is 4.54. The zero-order chi connectivity index (χ0) is 15.2. The number of guanidine groups is 1. The number of nitrogens with zero attached hydrogens (tertiary/aromatic N) is 1. The molecule has 0 bridgehead atoms. The predicted molar refractivity (Wildman–Crippen MR) is 98.0 cm³/mol. The fraction of sp³-hybridized carbons (Fsp3) is 0.312. The third-order valence-corrected chi connectivity index (χ3v) is 3.08. The summed E-state index contributed by atoms with van der Waals surface area (Å²) in [6.45, 7) is 5.37. The van der Waals surface area contributed by atoms with Gasteiger partial charge in [0.25, 0.3) is 0 Å². The molecule has 1 aromatic carbocycles. The zero-order valence-corrected chi connectivity index (χ0v) is 14.9. The van der Waals surface area contributed by atoms with E-state index in [0.717, 1.165) is 17.5 Å². The Morgan fingerprint density at radius 2 is 2.18 bits per heavy atom. The largest absolute Gasteiger partial charge is 0.459 e. The van der Waals surface area contributed by atoms with Crippen LogP contribution in [0.1, 0.15) is 18.2 Å². The van der Waals surface area contributed by atoms with Gasteiger partial charge < -0.3 is 15.1 Å². The summed E-state index contributed by atoms with van der Waals surface area (Å²) in [6, 6.07) is 4.49. The van der Waals surface area contributed by atoms with E-state index in [1.54, 1.807) is 6.07 Å². The van der Waals surface area contributed by atoms with Crippen LogP contribution in [-0.2, 0) is 6.54 Å². The lowest BCUT2D eigenvalue weighted by Crippen LogP contribution is -2.37. The molecule has 0 atom stereocenters. The van der Waals surface area contributed by atoms with E-state index in [9.17, 15) is 4.39 Å². The van der Waals surface area contributed by atoms with Crippen LogP contribution in [0.3, 0.4) is 0 Å². The minimum absolute atomic E-state index is 0. The smallest absolute Gasteiger partial charge is 0.192 e. The molecular formula is C16H19FIN3O. The highest BCUT2D eigenvalue weighted by Gasteiger charge is 2.11. The number of furan rings is 1. The molecular weight excluding hydrogens is 396 g/mol. The maximum Gasteiger partial charge on any atom is 0.192 e. The van der Waals surface area contributed by atoms with E-state index in [0.29, 0.717) is 30.4 Å². The fourth-order valence-corrected chi connectivity index (χ4v) is 2.02. The highest BCUT2D eigenvalue weighted by molar-refractivity contribution is 14.0. The molecule has 118 valence electrons. The summed E-state index contributed by atoms with van der Waals surface area (Å²) in [5, 5.41) is 6.88. The molecule has 0 unspecified atom stereocenters. The molecule has 2 rings (SSSR count). The first-order valence-corrected chi connectivity index (χ1v) is 6.79. The third kappa shape index (κ3) is 4.37. The van der Waals surface area contributed by atoms with Gasteiger partial charge in [0.15, 0.2) is 5.96 Å². The molecule has 0 amide bonds. The minimum Gasteiger partial charge on any atom is -0.459 e. The molecule has 4 nitrogen and oxygen atoms in total. The molecule has 0 saturated heterocycles. The van der Waals surface area contributed by atoms with Gasteiger partial charge in [-0.05, 0) is 32.0 Å². The number of benzene rings is 1. The van der Waals surface area contributed by atoms with Crippen molar-refractivity contribution >= 4 is 40.9 Å². The monoisotopic (exact) mass is 415 g/mol. The number of hydrogen-bond donors (Lipinski definition) is 2. The molecule has 22 heavy (non-hydrogen) atoms. The van der Waals surface area contributed by atoms with Gasteiger partial charge in [0, 0.05) is 17.5 Å². The summed E-state index contributed by atoms with van der Waals surface area (Å²) < 4.78 is 19.0. The van der Waals surface area contributed by atoms with E-state index in [1.807, 2.05) is 13.8 Å². The van der Waals surface area contributed by atoms with Crippen molar-refractivity contribution in [2.24, 2.45) is 4.99 Å². The van der Waals surface area contributed by atoms with Crippen LogP contribution >= 0.6 is 24.0 Å². The van der Waals surface area contributed by atoms with Crippen molar-refractivity contribution in [3.05, 3.63) is 35.3 Å². The highest BCUT2D eigenvalue weighted by atomic mass is 127. The van der Waals surface area contributed by atoms with E-state index < -0.39 is 0 Å². The third-order valence-electron chi connectivity index (χ3n) is 3.08. The Bertz CT molecular complexity index is 703. The van der Waals surface area contributed by atoms with Gasteiger partial charge in [-0.15, -0.1) is 30.4 Å². The first-order chi connectivity index (χ1) is 10.2. The molecule has 2 N–H and O–H groups in total. The van der Waals surface area contributed by atoms with E-state index >= 15 is 0 Å². The van der Waals surface area contributed by atoms with Crippen molar-refractivity contribution in [3.63, 3.8) is 0 Å². The van der Waals surface area contributed by atoms with Crippen molar-refractivity contribution in [2.75, 3.05) is 13.1 Å². The van der Waals surface area contributed by atoms with Crippen LogP contribution in [0.4, 0.5) is 4.39 Å². The van der Waals surface area contributed by atoms with E-state index in [4.69, 9.17) is 10.8 Å². The van der Waals surface area contributed by atoms with E-state index in [-0.39, 0.29) is 29.8 Å². The molecule has 0 spiro atoms. The van der Waals surface area contributed by atoms with Gasteiger partial charge in [-0.1, -0.05) is 5.92 Å². The topological polar surface area (TPSA) is 49.6 Å². The maximum atomic E-state index is 13.3. The van der Waals surface area contributed by atoms with Crippen LogP contribution in [0.25, 0.3) is 11.0 Å². The SMILES string of the molecule is C#CCNC(=NCc1oc2ccc(F)cc2c1C)NCC.I. The van der Waals surface area contributed by atoms with E-state index in [1.165, 1.54) is 12.1 Å². The van der Waals surface area contributed by atoms with Crippen LogP contribution in [0.5, 0.6) is 0 Å². The van der Waals surface area contributed by atoms with E-state index in [2.05, 4.69) is 21.5 Å². The second kappa shape index (κ2) is 8.63. The molecule has 0 radical (unpaired) electrons. The van der Waals surface area contributed by atoms with Gasteiger partial charge in [-0.3, -0.25) is 0 Å². The predicted octanol–water partition coefficient (Wildman–Crippen LogP) is 3.19. The molecule has 0 aliphatic carbocycles. The Hall–Kier alpha value is -1.75. The Labute approximate surface area is 146 Å². The quantitative estimate of drug-likeness (QED) is 0.349. The highest BCUT2D eigenvalue weighted by Crippen LogP contribution is 2.26. The van der Waals surface area contributed by atoms with Crippen LogP contribution in [0.2, 0.25) is 0 Å². The maximum absolute atomic E-state index is 13.3. The van der Waals surface area contributed by atoms with Gasteiger partial charge in [0.05, 0.1) is 6.54 Å². The number of aryl methyl sites for hydroxylation is 1. The molecule has 1 heterocycles. The zero-order valence-electron chi connectivity index (χ0n) is 12.6. The van der Waals surface area contributed by atoms with Crippen molar-refractivity contribution in [1.82, 2.24) is 10.6 Å². The lowest BCUT2D eigenvalue weighted by molar-refractivity contribution is 0.547. The van der Waals surface area contributed by atoms with Crippen molar-refractivity contribution in [3.8, 4) is 12.3 Å². The van der Waals surface area contributed by atoms with Gasteiger partial charge >= 0.3 is 0 Å². The number of hydrogen-bond acceptors (Lipinski definition) is 2. The number of fused-ring (bicyclic) bond motifs is 1. The van der Waals surface area contributed by atoms with Crippen LogP contribution in [0, 0.1) is 25.1 Å². The fourth-order valence-electron chi connectivity index (χ4n) is 2.02. The summed E-state index contributed by atoms with van der Waals surface area (Å²) in [4.78, 5) is 4.41. The summed E-state index contributed by atoms with van der Waals surface area (Å²) in [5.74, 6) is 3.57. The average molecular weight is 415 g/mol. The minimum atomic E-state index is -0.273. The molecule has 1 aromatic heterocycles. The molecule has 0 saturated carbocycles. The first-order valence-electron chi connectivity index (χ1n) is 6.79. The van der Waals surface area contributed by atoms with Crippen LogP contribution in [0.15, 0.2) is 27.6 Å². The summed E-state index contributed by atoms with van der Waals surface area (Å²) >= 11 is 0. The molecule has 6 heteroatoms. The van der Waals surface area contributed by atoms with Crippen LogP contribution in [-0.4, -0.2) is 19.0 Å². The number of rotatable bonds is 4. The van der Waals surface area contributed by atoms with Crippen molar-refractivity contribution in [2.45, 2.75) is 20.4 Å². The number of terminal acetylenes is 1. The average Bonchev–Trinajstić information content (AvgIpc) is 2.78. The van der Waals surface area contributed by atoms with Crippen LogP contribution < -0.4 is 10.6 Å². The lowest BCUT2D eigenvalue weighted by atomic mass is 10.1. The Balaban J connectivity index is 0.00000242. The second-order valence-electron chi connectivity index (χ2n) is 4.54. The summed E-state index contributed by atoms with van der Waals surface area (Å²) in [6.07, 6.45) is 5.22. The molecule has 0 fully saturated rings. The summed E-state index contributed by atoms with van der Waals surface area (Å²) in [5.41, 5.74) is 1.57. The Kier molecular flexibility index (Phi) is 7.18. The molecule has 0 aliphatic heterocycles. The summed E-state index contributed by atoms with van der Waals surface area (Å²) in [7, 11) is 0. The molecule has 2 aromatic rings.